The zero-order valence-electron chi connectivity index (χ0n) is 16.8. The van der Waals surface area contributed by atoms with Crippen molar-refractivity contribution in [1.82, 2.24) is 14.5 Å². The van der Waals surface area contributed by atoms with E-state index in [1.807, 2.05) is 13.0 Å². The van der Waals surface area contributed by atoms with E-state index in [-0.39, 0.29) is 11.1 Å². The van der Waals surface area contributed by atoms with Crippen molar-refractivity contribution in [3.63, 3.8) is 0 Å². The summed E-state index contributed by atoms with van der Waals surface area (Å²) in [5, 5.41) is 5.34. The van der Waals surface area contributed by atoms with Gasteiger partial charge in [0.1, 0.15) is 5.82 Å². The Morgan fingerprint density at radius 3 is 2.52 bits per heavy atom. The monoisotopic (exact) mass is 434 g/mol. The highest BCUT2D eigenvalue weighted by Gasteiger charge is 2.13. The normalized spacial score (nSPS) is 10.8. The van der Waals surface area contributed by atoms with E-state index in [9.17, 15) is 14.4 Å². The molecular weight excluding hydrogens is 416 g/mol. The summed E-state index contributed by atoms with van der Waals surface area (Å²) in [6.45, 7) is 3.14. The van der Waals surface area contributed by atoms with Crippen LogP contribution < -0.4 is 10.9 Å². The number of amides is 1. The minimum Gasteiger partial charge on any atom is -0.452 e. The summed E-state index contributed by atoms with van der Waals surface area (Å²) < 4.78 is 6.55. The molecule has 2 aromatic carbocycles. The first-order valence-electron chi connectivity index (χ1n) is 9.40. The van der Waals surface area contributed by atoms with Crippen LogP contribution in [0, 0.1) is 13.8 Å². The zero-order valence-corrected chi connectivity index (χ0v) is 17.6. The van der Waals surface area contributed by atoms with Crippen molar-refractivity contribution < 1.29 is 14.3 Å². The maximum Gasteiger partial charge on any atom is 0.338 e. The standard InChI is InChI=1S/C22H18N4O4S/c1-13-12-31-22(23-13)25-19(27)11-30-21(29)15-7-9-16(10-8-15)26-14(2)24-18-6-4-3-5-17(18)20(26)28/h3-10,12H,11H2,1-2H3,(H,23,25,27). The third kappa shape index (κ3) is 4.36. The van der Waals surface area contributed by atoms with Crippen molar-refractivity contribution in [2.45, 2.75) is 13.8 Å². The van der Waals surface area contributed by atoms with Crippen LogP contribution >= 0.6 is 11.3 Å². The number of carbonyl (C=O) groups excluding carboxylic acids is 2. The van der Waals surface area contributed by atoms with Crippen molar-refractivity contribution in [2.75, 3.05) is 11.9 Å². The Bertz CT molecular complexity index is 1340. The van der Waals surface area contributed by atoms with Gasteiger partial charge < -0.3 is 4.74 Å². The second-order valence-corrected chi connectivity index (χ2v) is 7.64. The maximum absolute atomic E-state index is 12.9. The number of hydrogen-bond donors (Lipinski definition) is 1. The van der Waals surface area contributed by atoms with Gasteiger partial charge in [0.15, 0.2) is 11.7 Å². The van der Waals surface area contributed by atoms with E-state index in [2.05, 4.69) is 15.3 Å². The van der Waals surface area contributed by atoms with Gasteiger partial charge in [-0.05, 0) is 50.2 Å². The molecule has 0 fully saturated rings. The number of esters is 1. The Kier molecular flexibility index (Phi) is 5.59. The van der Waals surface area contributed by atoms with Crippen molar-refractivity contribution >= 4 is 39.2 Å². The number of hydrogen-bond acceptors (Lipinski definition) is 7. The summed E-state index contributed by atoms with van der Waals surface area (Å²) in [5.74, 6) is -0.574. The summed E-state index contributed by atoms with van der Waals surface area (Å²) in [6, 6.07) is 13.5. The molecule has 0 bridgehead atoms. The van der Waals surface area contributed by atoms with Crippen LogP contribution in [0.3, 0.4) is 0 Å². The number of fused-ring (bicyclic) bond motifs is 1. The molecule has 31 heavy (non-hydrogen) atoms. The third-order valence-electron chi connectivity index (χ3n) is 4.50. The molecule has 0 saturated carbocycles. The molecule has 0 aliphatic rings. The number of rotatable bonds is 5. The first-order chi connectivity index (χ1) is 14.9. The van der Waals surface area contributed by atoms with Gasteiger partial charge in [-0.15, -0.1) is 11.3 Å². The highest BCUT2D eigenvalue weighted by Crippen LogP contribution is 2.15. The molecule has 0 aliphatic carbocycles. The molecular formula is C22H18N4O4S. The van der Waals surface area contributed by atoms with Gasteiger partial charge >= 0.3 is 5.97 Å². The van der Waals surface area contributed by atoms with Gasteiger partial charge in [-0.25, -0.2) is 14.8 Å². The summed E-state index contributed by atoms with van der Waals surface area (Å²) in [7, 11) is 0. The summed E-state index contributed by atoms with van der Waals surface area (Å²) in [6.07, 6.45) is 0. The number of nitrogens with one attached hydrogen (secondary N) is 1. The number of nitrogens with zero attached hydrogens (tertiary/aromatic N) is 3. The maximum atomic E-state index is 12.9. The second-order valence-electron chi connectivity index (χ2n) is 6.78. The Labute approximate surface area is 181 Å². The highest BCUT2D eigenvalue weighted by molar-refractivity contribution is 7.13. The minimum atomic E-state index is -0.641. The molecule has 0 atom stereocenters. The van der Waals surface area contributed by atoms with Crippen LogP contribution in [-0.4, -0.2) is 33.0 Å². The number of aromatic nitrogens is 3. The average molecular weight is 434 g/mol. The number of aryl methyl sites for hydroxylation is 2. The van der Waals surface area contributed by atoms with Gasteiger partial charge in [0, 0.05) is 5.38 Å². The summed E-state index contributed by atoms with van der Waals surface area (Å²) in [4.78, 5) is 45.7. The molecule has 1 N–H and O–H groups in total. The first kappa shape index (κ1) is 20.4. The van der Waals surface area contributed by atoms with Crippen LogP contribution in [-0.2, 0) is 9.53 Å². The smallest absolute Gasteiger partial charge is 0.338 e. The molecule has 0 unspecified atom stereocenters. The lowest BCUT2D eigenvalue weighted by Crippen LogP contribution is -2.22. The fourth-order valence-corrected chi connectivity index (χ4v) is 3.78. The topological polar surface area (TPSA) is 103 Å². The molecule has 9 heteroatoms. The molecule has 2 aromatic heterocycles. The number of thiazole rings is 1. The van der Waals surface area contributed by atoms with Crippen LogP contribution in [0.15, 0.2) is 58.7 Å². The molecule has 156 valence electrons. The fraction of sp³-hybridized carbons (Fsp3) is 0.136. The van der Waals surface area contributed by atoms with Crippen molar-refractivity contribution in [1.29, 1.82) is 0 Å². The number of anilines is 1. The molecule has 2 heterocycles. The number of carbonyl (C=O) groups is 2. The molecule has 1 amide bonds. The van der Waals surface area contributed by atoms with Gasteiger partial charge in [-0.1, -0.05) is 12.1 Å². The number of ether oxygens (including phenoxy) is 1. The predicted octanol–water partition coefficient (Wildman–Crippen LogP) is 3.25. The van der Waals surface area contributed by atoms with Crippen LogP contribution in [0.2, 0.25) is 0 Å². The summed E-state index contributed by atoms with van der Waals surface area (Å²) in [5.41, 5.74) is 2.09. The lowest BCUT2D eigenvalue weighted by Gasteiger charge is -2.11. The van der Waals surface area contributed by atoms with E-state index in [1.165, 1.54) is 15.9 Å². The highest BCUT2D eigenvalue weighted by atomic mass is 32.1. The van der Waals surface area contributed by atoms with Crippen LogP contribution in [0.25, 0.3) is 16.6 Å². The fourth-order valence-electron chi connectivity index (χ4n) is 3.08. The third-order valence-corrected chi connectivity index (χ3v) is 5.38. The van der Waals surface area contributed by atoms with E-state index in [4.69, 9.17) is 4.74 Å². The van der Waals surface area contributed by atoms with Crippen LogP contribution in [0.1, 0.15) is 21.9 Å². The summed E-state index contributed by atoms with van der Waals surface area (Å²) >= 11 is 1.29. The Morgan fingerprint density at radius 1 is 1.06 bits per heavy atom. The van der Waals surface area contributed by atoms with Crippen molar-refractivity contribution in [3.05, 3.63) is 81.3 Å². The van der Waals surface area contributed by atoms with E-state index >= 15 is 0 Å². The van der Waals surface area contributed by atoms with Crippen molar-refractivity contribution in [2.24, 2.45) is 0 Å². The second kappa shape index (κ2) is 8.49. The lowest BCUT2D eigenvalue weighted by atomic mass is 10.2. The number of para-hydroxylation sites is 1. The Morgan fingerprint density at radius 2 is 1.81 bits per heavy atom. The molecule has 0 radical (unpaired) electrons. The molecule has 4 rings (SSSR count). The van der Waals surface area contributed by atoms with Crippen LogP contribution in [0.5, 0.6) is 0 Å². The van der Waals surface area contributed by atoms with E-state index in [0.29, 0.717) is 27.5 Å². The molecule has 0 aliphatic heterocycles. The van der Waals surface area contributed by atoms with Gasteiger partial charge in [0.25, 0.3) is 11.5 Å². The van der Waals surface area contributed by atoms with Gasteiger partial charge in [-0.3, -0.25) is 19.5 Å². The van der Waals surface area contributed by atoms with Gasteiger partial charge in [0.05, 0.1) is 27.8 Å². The Balaban J connectivity index is 1.47. The quantitative estimate of drug-likeness (QED) is 0.484. The molecule has 0 saturated heterocycles. The van der Waals surface area contributed by atoms with E-state index in [0.717, 1.165) is 5.69 Å². The average Bonchev–Trinajstić information content (AvgIpc) is 3.17. The minimum absolute atomic E-state index is 0.187. The molecule has 8 nitrogen and oxygen atoms in total. The SMILES string of the molecule is Cc1csc(NC(=O)COC(=O)c2ccc(-n3c(C)nc4ccccc4c3=O)cc2)n1. The lowest BCUT2D eigenvalue weighted by molar-refractivity contribution is -0.119. The van der Waals surface area contributed by atoms with Crippen LogP contribution in [0.4, 0.5) is 5.13 Å². The van der Waals surface area contributed by atoms with Gasteiger partial charge in [0.2, 0.25) is 0 Å². The molecule has 0 spiro atoms. The van der Waals surface area contributed by atoms with Crippen molar-refractivity contribution in [3.8, 4) is 5.69 Å². The predicted molar refractivity (Wildman–Crippen MR) is 118 cm³/mol. The largest absolute Gasteiger partial charge is 0.452 e. The number of benzene rings is 2. The first-order valence-corrected chi connectivity index (χ1v) is 10.3. The van der Waals surface area contributed by atoms with E-state index < -0.39 is 18.5 Å². The zero-order chi connectivity index (χ0) is 22.0. The van der Waals surface area contributed by atoms with E-state index in [1.54, 1.807) is 54.8 Å². The van der Waals surface area contributed by atoms with Gasteiger partial charge in [-0.2, -0.15) is 0 Å². The Hall–Kier alpha value is -3.85. The molecule has 4 aromatic rings.